The van der Waals surface area contributed by atoms with E-state index in [0.29, 0.717) is 0 Å². The lowest BCUT2D eigenvalue weighted by Crippen LogP contribution is -2.19. The lowest BCUT2D eigenvalue weighted by Gasteiger charge is -2.30. The summed E-state index contributed by atoms with van der Waals surface area (Å²) in [6, 6.07) is 8.28. The average Bonchev–Trinajstić information content (AvgIpc) is 2.76. The minimum atomic E-state index is 0.741. The van der Waals surface area contributed by atoms with Gasteiger partial charge in [-0.15, -0.1) is 0 Å². The highest BCUT2D eigenvalue weighted by Gasteiger charge is 2.23. The van der Waals surface area contributed by atoms with Crippen LogP contribution in [0.1, 0.15) is 90.9 Å². The number of hydrogen-bond donors (Lipinski definition) is 0. The maximum atomic E-state index is 6.04. The van der Waals surface area contributed by atoms with Crippen LogP contribution < -0.4 is 9.47 Å². The molecule has 2 atom stereocenters. The van der Waals surface area contributed by atoms with Gasteiger partial charge in [-0.1, -0.05) is 65.2 Å². The zero-order valence-electron chi connectivity index (χ0n) is 18.3. The van der Waals surface area contributed by atoms with Crippen LogP contribution in [0.5, 0.6) is 11.5 Å². The van der Waals surface area contributed by atoms with Gasteiger partial charge in [0.05, 0.1) is 13.2 Å². The van der Waals surface area contributed by atoms with Crippen molar-refractivity contribution in [3.8, 4) is 11.5 Å². The molecular weight excluding hydrogens is 344 g/mol. The summed E-state index contributed by atoms with van der Waals surface area (Å²) in [4.78, 5) is 0. The van der Waals surface area contributed by atoms with Crippen molar-refractivity contribution in [3.05, 3.63) is 24.3 Å². The first kappa shape index (κ1) is 21.5. The zero-order chi connectivity index (χ0) is 19.6. The van der Waals surface area contributed by atoms with Crippen LogP contribution in [0.2, 0.25) is 0 Å². The van der Waals surface area contributed by atoms with Crippen molar-refractivity contribution in [2.24, 2.45) is 23.7 Å². The first-order chi connectivity index (χ1) is 13.8. The minimum absolute atomic E-state index is 0.741. The summed E-state index contributed by atoms with van der Waals surface area (Å²) in [6.45, 7) is 6.40. The molecule has 0 aromatic heterocycles. The molecule has 2 nitrogen and oxygen atoms in total. The smallest absolute Gasteiger partial charge is 0.119 e. The summed E-state index contributed by atoms with van der Waals surface area (Å²) in [6.07, 6.45) is 16.4. The summed E-state index contributed by atoms with van der Waals surface area (Å²) in [5, 5.41) is 0. The van der Waals surface area contributed by atoms with Crippen LogP contribution >= 0.6 is 0 Å². The van der Waals surface area contributed by atoms with Crippen LogP contribution in [-0.4, -0.2) is 13.2 Å². The molecule has 3 rings (SSSR count). The predicted molar refractivity (Wildman–Crippen MR) is 118 cm³/mol. The molecule has 0 spiro atoms. The van der Waals surface area contributed by atoms with Gasteiger partial charge < -0.3 is 9.47 Å². The summed E-state index contributed by atoms with van der Waals surface area (Å²) in [5.41, 5.74) is 0. The van der Waals surface area contributed by atoms with Crippen LogP contribution in [0.3, 0.4) is 0 Å². The van der Waals surface area contributed by atoms with E-state index < -0.39 is 0 Å². The van der Waals surface area contributed by atoms with E-state index in [9.17, 15) is 0 Å². The van der Waals surface area contributed by atoms with Crippen LogP contribution in [-0.2, 0) is 0 Å². The molecule has 2 unspecified atom stereocenters. The highest BCUT2D eigenvalue weighted by Crippen LogP contribution is 2.35. The number of ether oxygens (including phenoxy) is 2. The number of hydrogen-bond acceptors (Lipinski definition) is 2. The van der Waals surface area contributed by atoms with Crippen molar-refractivity contribution in [2.75, 3.05) is 13.2 Å². The maximum absolute atomic E-state index is 6.04. The Morgan fingerprint density at radius 2 is 1.32 bits per heavy atom. The van der Waals surface area contributed by atoms with Crippen molar-refractivity contribution < 1.29 is 9.47 Å². The minimum Gasteiger partial charge on any atom is -0.494 e. The van der Waals surface area contributed by atoms with Crippen LogP contribution in [0.4, 0.5) is 0 Å². The Hall–Kier alpha value is -1.18. The van der Waals surface area contributed by atoms with Gasteiger partial charge >= 0.3 is 0 Å². The van der Waals surface area contributed by atoms with Gasteiger partial charge in [-0.3, -0.25) is 0 Å². The van der Waals surface area contributed by atoms with E-state index in [1.54, 1.807) is 0 Å². The van der Waals surface area contributed by atoms with E-state index in [1.165, 1.54) is 77.0 Å². The molecule has 0 bridgehead atoms. The quantitative estimate of drug-likeness (QED) is 0.384. The fraction of sp³-hybridized carbons (Fsp3) is 0.769. The molecule has 0 heterocycles. The zero-order valence-corrected chi connectivity index (χ0v) is 18.3. The largest absolute Gasteiger partial charge is 0.494 e. The third-order valence-corrected chi connectivity index (χ3v) is 7.43. The van der Waals surface area contributed by atoms with Gasteiger partial charge in [-0.25, -0.2) is 0 Å². The highest BCUT2D eigenvalue weighted by molar-refractivity contribution is 5.31. The Labute approximate surface area is 173 Å². The predicted octanol–water partition coefficient (Wildman–Crippen LogP) is 7.66. The molecule has 158 valence electrons. The van der Waals surface area contributed by atoms with Gasteiger partial charge in [0.1, 0.15) is 11.5 Å². The Balaban J connectivity index is 1.31. The lowest BCUT2D eigenvalue weighted by atomic mass is 9.76. The number of benzene rings is 1. The Morgan fingerprint density at radius 1 is 0.714 bits per heavy atom. The van der Waals surface area contributed by atoms with E-state index in [4.69, 9.17) is 9.47 Å². The number of rotatable bonds is 10. The molecule has 1 aromatic carbocycles. The molecule has 0 amide bonds. The Kier molecular flexibility index (Phi) is 9.02. The fourth-order valence-electron chi connectivity index (χ4n) is 5.39. The van der Waals surface area contributed by atoms with E-state index in [1.807, 2.05) is 0 Å². The molecule has 2 aliphatic carbocycles. The lowest BCUT2D eigenvalue weighted by molar-refractivity contribution is 0.180. The molecule has 0 aliphatic heterocycles. The van der Waals surface area contributed by atoms with Gasteiger partial charge in [0.15, 0.2) is 0 Å². The van der Waals surface area contributed by atoms with E-state index in [2.05, 4.69) is 38.1 Å². The molecule has 2 saturated carbocycles. The van der Waals surface area contributed by atoms with Crippen LogP contribution in [0.25, 0.3) is 0 Å². The summed E-state index contributed by atoms with van der Waals surface area (Å²) >= 11 is 0. The first-order valence-electron chi connectivity index (χ1n) is 12.1. The molecular formula is C26H42O2. The van der Waals surface area contributed by atoms with E-state index in [0.717, 1.165) is 48.4 Å². The molecule has 2 heteroatoms. The van der Waals surface area contributed by atoms with Gasteiger partial charge in [0.25, 0.3) is 0 Å². The van der Waals surface area contributed by atoms with E-state index >= 15 is 0 Å². The van der Waals surface area contributed by atoms with Gasteiger partial charge in [-0.05, 0) is 73.6 Å². The molecule has 0 N–H and O–H groups in total. The Morgan fingerprint density at radius 3 is 1.96 bits per heavy atom. The van der Waals surface area contributed by atoms with Crippen LogP contribution in [0.15, 0.2) is 24.3 Å². The monoisotopic (exact) mass is 386 g/mol. The van der Waals surface area contributed by atoms with Crippen LogP contribution in [0, 0.1) is 23.7 Å². The third kappa shape index (κ3) is 6.71. The normalized spacial score (nSPS) is 28.1. The first-order valence-corrected chi connectivity index (χ1v) is 12.1. The summed E-state index contributed by atoms with van der Waals surface area (Å²) < 4.78 is 12.0. The Bertz CT molecular complexity index is 530. The standard InChI is InChI=1S/C26H42O2/c1-3-21-11-13-22(14-12-21)20-28-26-17-15-25(16-18-26)27-19-7-10-24-9-6-5-8-23(24)4-2/h15-18,21-24H,3-14,19-20H2,1-2H3. The van der Waals surface area contributed by atoms with Gasteiger partial charge in [0, 0.05) is 0 Å². The van der Waals surface area contributed by atoms with Crippen molar-refractivity contribution >= 4 is 0 Å². The average molecular weight is 387 g/mol. The molecule has 1 aromatic rings. The molecule has 2 fully saturated rings. The fourth-order valence-corrected chi connectivity index (χ4v) is 5.39. The summed E-state index contributed by atoms with van der Waals surface area (Å²) in [5.74, 6) is 5.56. The highest BCUT2D eigenvalue weighted by atomic mass is 16.5. The topological polar surface area (TPSA) is 18.5 Å². The molecule has 0 radical (unpaired) electrons. The second kappa shape index (κ2) is 11.7. The van der Waals surface area contributed by atoms with Crippen molar-refractivity contribution in [1.82, 2.24) is 0 Å². The van der Waals surface area contributed by atoms with Gasteiger partial charge in [-0.2, -0.15) is 0 Å². The van der Waals surface area contributed by atoms with Crippen molar-refractivity contribution in [3.63, 3.8) is 0 Å². The SMILES string of the molecule is CCC1CCC(COc2ccc(OCCCC3CCCCC3CC)cc2)CC1. The molecule has 0 saturated heterocycles. The maximum Gasteiger partial charge on any atom is 0.119 e. The second-order valence-electron chi connectivity index (χ2n) is 9.28. The van der Waals surface area contributed by atoms with Gasteiger partial charge in [0.2, 0.25) is 0 Å². The van der Waals surface area contributed by atoms with Crippen molar-refractivity contribution in [1.29, 1.82) is 0 Å². The molecule has 2 aliphatic rings. The second-order valence-corrected chi connectivity index (χ2v) is 9.28. The molecule has 28 heavy (non-hydrogen) atoms. The van der Waals surface area contributed by atoms with E-state index in [-0.39, 0.29) is 0 Å². The van der Waals surface area contributed by atoms with Crippen molar-refractivity contribution in [2.45, 2.75) is 90.9 Å². The summed E-state index contributed by atoms with van der Waals surface area (Å²) in [7, 11) is 0. The third-order valence-electron chi connectivity index (χ3n) is 7.43.